The molecule has 1 atom stereocenters. The molecule has 27 heavy (non-hydrogen) atoms. The van der Waals surface area contributed by atoms with Crippen LogP contribution in [-0.4, -0.2) is 20.6 Å². The van der Waals surface area contributed by atoms with Gasteiger partial charge >= 0.3 is 6.18 Å². The Labute approximate surface area is 152 Å². The average molecular weight is 373 g/mol. The number of hydrogen-bond acceptors (Lipinski definition) is 3. The van der Waals surface area contributed by atoms with Gasteiger partial charge in [-0.15, -0.1) is 0 Å². The molecule has 1 aliphatic heterocycles. The molecular weight excluding hydrogens is 359 g/mol. The van der Waals surface area contributed by atoms with Gasteiger partial charge in [0.2, 0.25) is 5.91 Å². The Balaban J connectivity index is 1.81. The summed E-state index contributed by atoms with van der Waals surface area (Å²) in [5.41, 5.74) is 0.711. The average Bonchev–Trinajstić information content (AvgIpc) is 3.04. The maximum absolute atomic E-state index is 13.0. The second-order valence-electron chi connectivity index (χ2n) is 6.30. The third-order valence-corrected chi connectivity index (χ3v) is 4.50. The fourth-order valence-corrected chi connectivity index (χ4v) is 3.25. The lowest BCUT2D eigenvalue weighted by Gasteiger charge is -2.23. The van der Waals surface area contributed by atoms with Gasteiger partial charge < -0.3 is 10.4 Å². The highest BCUT2D eigenvalue weighted by atomic mass is 19.4. The highest BCUT2D eigenvalue weighted by Gasteiger charge is 2.33. The third kappa shape index (κ3) is 3.14. The van der Waals surface area contributed by atoms with E-state index < -0.39 is 17.7 Å². The van der Waals surface area contributed by atoms with Crippen molar-refractivity contribution < 1.29 is 23.1 Å². The summed E-state index contributed by atoms with van der Waals surface area (Å²) in [5.74, 6) is -0.270. The Hall–Kier alpha value is -3.29. The molecule has 0 aliphatic carbocycles. The first-order valence-corrected chi connectivity index (χ1v) is 8.16. The number of phenols is 1. The van der Waals surface area contributed by atoms with Crippen molar-refractivity contribution in [3.8, 4) is 11.4 Å². The lowest BCUT2D eigenvalue weighted by molar-refractivity contribution is -0.137. The predicted molar refractivity (Wildman–Crippen MR) is 91.8 cm³/mol. The summed E-state index contributed by atoms with van der Waals surface area (Å²) in [4.78, 5) is 16.5. The maximum atomic E-state index is 13.0. The van der Waals surface area contributed by atoms with E-state index in [9.17, 15) is 23.1 Å². The van der Waals surface area contributed by atoms with Crippen LogP contribution in [0, 0.1) is 0 Å². The van der Waals surface area contributed by atoms with Gasteiger partial charge in [-0.2, -0.15) is 13.2 Å². The Morgan fingerprint density at radius 1 is 1.15 bits per heavy atom. The van der Waals surface area contributed by atoms with E-state index in [2.05, 4.69) is 10.3 Å². The number of amides is 1. The molecule has 138 valence electrons. The van der Waals surface area contributed by atoms with E-state index in [4.69, 9.17) is 0 Å². The minimum Gasteiger partial charge on any atom is -0.508 e. The van der Waals surface area contributed by atoms with Crippen LogP contribution < -0.4 is 5.32 Å². The Bertz CT molecular complexity index is 1030. The molecule has 2 heterocycles. The number of aromatic hydroxyl groups is 1. The summed E-state index contributed by atoms with van der Waals surface area (Å²) in [6, 6.07) is 11.3. The van der Waals surface area contributed by atoms with Gasteiger partial charge in [0.15, 0.2) is 0 Å². The number of hydrogen-bond donors (Lipinski definition) is 2. The van der Waals surface area contributed by atoms with Crippen LogP contribution in [0.2, 0.25) is 0 Å². The molecule has 0 saturated carbocycles. The molecular formula is C19H14F3N3O2. The normalized spacial score (nSPS) is 16.7. The number of imidazole rings is 1. The number of halogens is 3. The topological polar surface area (TPSA) is 67.1 Å². The summed E-state index contributed by atoms with van der Waals surface area (Å²) >= 11 is 0. The summed E-state index contributed by atoms with van der Waals surface area (Å²) in [6.07, 6.45) is -2.94. The molecule has 0 unspecified atom stereocenters. The van der Waals surface area contributed by atoms with Crippen LogP contribution >= 0.6 is 0 Å². The number of alkyl halides is 3. The number of phenolic OH excluding ortho intramolecular Hbond substituents is 1. The van der Waals surface area contributed by atoms with Crippen LogP contribution in [0.5, 0.6) is 5.75 Å². The van der Waals surface area contributed by atoms with Gasteiger partial charge in [-0.25, -0.2) is 4.98 Å². The van der Waals surface area contributed by atoms with Crippen molar-refractivity contribution in [1.82, 2.24) is 9.55 Å². The van der Waals surface area contributed by atoms with Gasteiger partial charge in [-0.05, 0) is 35.9 Å². The second kappa shape index (κ2) is 6.15. The number of rotatable bonds is 2. The van der Waals surface area contributed by atoms with Crippen molar-refractivity contribution >= 4 is 11.7 Å². The molecule has 0 bridgehead atoms. The first-order valence-electron chi connectivity index (χ1n) is 8.16. The van der Waals surface area contributed by atoms with Gasteiger partial charge in [0.25, 0.3) is 0 Å². The van der Waals surface area contributed by atoms with E-state index in [1.165, 1.54) is 29.1 Å². The van der Waals surface area contributed by atoms with Crippen molar-refractivity contribution in [2.45, 2.75) is 18.5 Å². The van der Waals surface area contributed by atoms with Crippen molar-refractivity contribution in [2.75, 3.05) is 5.32 Å². The smallest absolute Gasteiger partial charge is 0.416 e. The lowest BCUT2D eigenvalue weighted by atomic mass is 9.90. The van der Waals surface area contributed by atoms with Crippen molar-refractivity contribution in [2.24, 2.45) is 0 Å². The van der Waals surface area contributed by atoms with Crippen LogP contribution in [0.4, 0.5) is 19.0 Å². The summed E-state index contributed by atoms with van der Waals surface area (Å²) in [7, 11) is 0. The predicted octanol–water partition coefficient (Wildman–Crippen LogP) is 4.07. The molecule has 1 amide bonds. The van der Waals surface area contributed by atoms with Crippen LogP contribution in [0.25, 0.3) is 5.69 Å². The molecule has 0 saturated heterocycles. The molecule has 2 aromatic carbocycles. The van der Waals surface area contributed by atoms with E-state index >= 15 is 0 Å². The van der Waals surface area contributed by atoms with Crippen molar-refractivity contribution in [1.29, 1.82) is 0 Å². The quantitative estimate of drug-likeness (QED) is 0.712. The molecule has 0 spiro atoms. The Morgan fingerprint density at radius 2 is 1.93 bits per heavy atom. The minimum absolute atomic E-state index is 0.0670. The van der Waals surface area contributed by atoms with E-state index in [1.54, 1.807) is 18.2 Å². The summed E-state index contributed by atoms with van der Waals surface area (Å²) in [5, 5.41) is 12.4. The van der Waals surface area contributed by atoms with E-state index in [0.29, 0.717) is 17.1 Å². The number of carbonyl (C=O) groups excluding carboxylic acids is 1. The molecule has 4 rings (SSSR count). The first kappa shape index (κ1) is 17.1. The molecule has 8 heteroatoms. The molecule has 2 N–H and O–H groups in total. The molecule has 1 aromatic heterocycles. The largest absolute Gasteiger partial charge is 0.508 e. The minimum atomic E-state index is -4.47. The number of nitrogens with one attached hydrogen (secondary N) is 1. The molecule has 0 radical (unpaired) electrons. The van der Waals surface area contributed by atoms with Crippen LogP contribution in [0.3, 0.4) is 0 Å². The highest BCUT2D eigenvalue weighted by molar-refractivity contribution is 5.94. The summed E-state index contributed by atoms with van der Waals surface area (Å²) < 4.78 is 40.5. The number of aromatic nitrogens is 2. The van der Waals surface area contributed by atoms with E-state index in [1.807, 2.05) is 0 Å². The number of nitrogens with zero attached hydrogens (tertiary/aromatic N) is 2. The fourth-order valence-electron chi connectivity index (χ4n) is 3.25. The van der Waals surface area contributed by atoms with Gasteiger partial charge in [-0.1, -0.05) is 18.2 Å². The van der Waals surface area contributed by atoms with Crippen molar-refractivity contribution in [3.05, 3.63) is 71.7 Å². The fraction of sp³-hybridized carbons (Fsp3) is 0.158. The van der Waals surface area contributed by atoms with Gasteiger partial charge in [0, 0.05) is 18.0 Å². The van der Waals surface area contributed by atoms with Crippen LogP contribution in [-0.2, 0) is 11.0 Å². The molecule has 1 aliphatic rings. The molecule has 5 nitrogen and oxygen atoms in total. The van der Waals surface area contributed by atoms with Crippen LogP contribution in [0.15, 0.2) is 54.9 Å². The number of anilines is 1. The highest BCUT2D eigenvalue weighted by Crippen LogP contribution is 2.38. The number of fused-ring (bicyclic) bond motifs is 1. The standard InChI is InChI=1S/C19H14F3N3O2/c20-19(21,22)12-4-2-5-13(8-12)25-10-23-17-15(9-16(27)24-18(17)25)11-3-1-6-14(26)7-11/h1-8,10,15,26H,9H2,(H,24,27)/t15-/m0/s1. The van der Waals surface area contributed by atoms with Crippen molar-refractivity contribution in [3.63, 3.8) is 0 Å². The molecule has 3 aromatic rings. The van der Waals surface area contributed by atoms with E-state index in [0.717, 1.165) is 12.1 Å². The number of benzene rings is 2. The maximum Gasteiger partial charge on any atom is 0.416 e. The van der Waals surface area contributed by atoms with Gasteiger partial charge in [0.1, 0.15) is 17.9 Å². The second-order valence-corrected chi connectivity index (χ2v) is 6.30. The Kier molecular flexibility index (Phi) is 3.91. The summed E-state index contributed by atoms with van der Waals surface area (Å²) in [6.45, 7) is 0. The Morgan fingerprint density at radius 3 is 2.67 bits per heavy atom. The van der Waals surface area contributed by atoms with Gasteiger partial charge in [0.05, 0.1) is 11.3 Å². The molecule has 0 fully saturated rings. The zero-order valence-electron chi connectivity index (χ0n) is 13.9. The lowest BCUT2D eigenvalue weighted by Crippen LogP contribution is -2.25. The van der Waals surface area contributed by atoms with E-state index in [-0.39, 0.29) is 23.8 Å². The monoisotopic (exact) mass is 373 g/mol. The SMILES string of the molecule is O=C1C[C@@H](c2cccc(O)c2)c2ncn(-c3cccc(C(F)(F)F)c3)c2N1. The zero-order valence-corrected chi connectivity index (χ0v) is 13.9. The number of carbonyl (C=O) groups is 1. The zero-order chi connectivity index (χ0) is 19.2. The first-order chi connectivity index (χ1) is 12.8. The third-order valence-electron chi connectivity index (χ3n) is 4.50. The van der Waals surface area contributed by atoms with Crippen LogP contribution in [0.1, 0.15) is 29.2 Å². The van der Waals surface area contributed by atoms with Gasteiger partial charge in [-0.3, -0.25) is 9.36 Å².